The fourth-order valence-corrected chi connectivity index (χ4v) is 3.34. The van der Waals surface area contributed by atoms with Crippen LogP contribution in [0, 0.1) is 13.8 Å². The number of ether oxygens (including phenoxy) is 1. The molecule has 5 nitrogen and oxygen atoms in total. The van der Waals surface area contributed by atoms with Gasteiger partial charge in [0.05, 0.1) is 12.0 Å². The van der Waals surface area contributed by atoms with E-state index in [1.165, 1.54) is 0 Å². The van der Waals surface area contributed by atoms with Gasteiger partial charge in [-0.15, -0.1) is 0 Å². The van der Waals surface area contributed by atoms with Crippen molar-refractivity contribution >= 4 is 40.1 Å². The molecule has 0 aliphatic heterocycles. The first-order valence-corrected chi connectivity index (χ1v) is 8.88. The molecule has 3 aromatic rings. The number of fused-ring (bicyclic) bond motifs is 1. The van der Waals surface area contributed by atoms with E-state index in [-0.39, 0.29) is 18.6 Å². The molecule has 7 heteroatoms. The van der Waals surface area contributed by atoms with Gasteiger partial charge < -0.3 is 14.3 Å². The molecule has 140 valence electrons. The van der Waals surface area contributed by atoms with Crippen LogP contribution in [-0.4, -0.2) is 11.1 Å². The average Bonchev–Trinajstić information content (AvgIpc) is 2.60. The molecule has 0 amide bonds. The van der Waals surface area contributed by atoms with E-state index in [0.29, 0.717) is 37.9 Å². The van der Waals surface area contributed by atoms with Crippen LogP contribution in [0.3, 0.4) is 0 Å². The molecule has 0 aliphatic carbocycles. The molecular weight excluding hydrogens is 391 g/mol. The SMILES string of the molecule is Cc1c(CC(=O)O)c(=O)oc2c(C)c(OCc3ccc(Cl)cc3Cl)ccc12. The van der Waals surface area contributed by atoms with Crippen molar-refractivity contribution in [3.05, 3.63) is 73.1 Å². The Kier molecular flexibility index (Phi) is 5.44. The van der Waals surface area contributed by atoms with Gasteiger partial charge in [0.25, 0.3) is 0 Å². The standard InChI is InChI=1S/C20H16Cl2O5/c1-10-14-5-6-17(26-9-12-3-4-13(21)7-16(12)22)11(2)19(14)27-20(25)15(10)8-18(23)24/h3-7H,8-9H2,1-2H3,(H,23,24). The third kappa shape index (κ3) is 3.94. The van der Waals surface area contributed by atoms with E-state index in [4.69, 9.17) is 37.5 Å². The highest BCUT2D eigenvalue weighted by Crippen LogP contribution is 2.31. The minimum atomic E-state index is -1.08. The molecule has 2 aromatic carbocycles. The number of hydrogen-bond acceptors (Lipinski definition) is 4. The van der Waals surface area contributed by atoms with Gasteiger partial charge in [-0.2, -0.15) is 0 Å². The van der Waals surface area contributed by atoms with E-state index in [9.17, 15) is 9.59 Å². The van der Waals surface area contributed by atoms with E-state index in [0.717, 1.165) is 5.56 Å². The number of halogens is 2. The summed E-state index contributed by atoms with van der Waals surface area (Å²) in [7, 11) is 0. The van der Waals surface area contributed by atoms with Gasteiger partial charge in [-0.1, -0.05) is 29.3 Å². The van der Waals surface area contributed by atoms with E-state index < -0.39 is 11.6 Å². The summed E-state index contributed by atoms with van der Waals surface area (Å²) in [5.74, 6) is -0.539. The lowest BCUT2D eigenvalue weighted by Gasteiger charge is -2.13. The number of hydrogen-bond donors (Lipinski definition) is 1. The highest BCUT2D eigenvalue weighted by atomic mass is 35.5. The maximum atomic E-state index is 12.2. The van der Waals surface area contributed by atoms with Gasteiger partial charge in [0.2, 0.25) is 0 Å². The third-order valence-electron chi connectivity index (χ3n) is 4.38. The van der Waals surface area contributed by atoms with E-state index >= 15 is 0 Å². The van der Waals surface area contributed by atoms with Gasteiger partial charge >= 0.3 is 11.6 Å². The van der Waals surface area contributed by atoms with E-state index in [1.807, 2.05) is 0 Å². The molecule has 3 rings (SSSR count). The van der Waals surface area contributed by atoms with Gasteiger partial charge in [0.15, 0.2) is 0 Å². The minimum absolute atomic E-state index is 0.149. The lowest BCUT2D eigenvalue weighted by atomic mass is 10.0. The number of aliphatic carboxylic acids is 1. The summed E-state index contributed by atoms with van der Waals surface area (Å²) >= 11 is 12.1. The smallest absolute Gasteiger partial charge is 0.340 e. The van der Waals surface area contributed by atoms with Crippen LogP contribution in [0.5, 0.6) is 5.75 Å². The summed E-state index contributed by atoms with van der Waals surface area (Å²) in [6.07, 6.45) is -0.379. The highest BCUT2D eigenvalue weighted by molar-refractivity contribution is 6.35. The third-order valence-corrected chi connectivity index (χ3v) is 4.97. The fourth-order valence-electron chi connectivity index (χ4n) is 2.88. The molecule has 0 atom stereocenters. The summed E-state index contributed by atoms with van der Waals surface area (Å²) in [4.78, 5) is 23.2. The Balaban J connectivity index is 1.97. The Bertz CT molecular complexity index is 1100. The summed E-state index contributed by atoms with van der Waals surface area (Å²) < 4.78 is 11.2. The number of benzene rings is 2. The van der Waals surface area contributed by atoms with Crippen LogP contribution in [0.4, 0.5) is 0 Å². The molecule has 0 bridgehead atoms. The number of rotatable bonds is 5. The number of carboxylic acids is 1. The molecule has 27 heavy (non-hydrogen) atoms. The molecule has 0 aliphatic rings. The van der Waals surface area contributed by atoms with Gasteiger partial charge in [-0.3, -0.25) is 4.79 Å². The van der Waals surface area contributed by atoms with Crippen molar-refractivity contribution in [2.75, 3.05) is 0 Å². The number of carboxylic acid groups (broad SMARTS) is 1. The molecular formula is C20H16Cl2O5. The van der Waals surface area contributed by atoms with E-state index in [2.05, 4.69) is 0 Å². The Hall–Kier alpha value is -2.50. The van der Waals surface area contributed by atoms with Gasteiger partial charge in [0.1, 0.15) is 17.9 Å². The largest absolute Gasteiger partial charge is 0.488 e. The molecule has 1 aromatic heterocycles. The highest BCUT2D eigenvalue weighted by Gasteiger charge is 2.17. The predicted molar refractivity (Wildman–Crippen MR) is 104 cm³/mol. The zero-order valence-electron chi connectivity index (χ0n) is 14.6. The molecule has 0 unspecified atom stereocenters. The van der Waals surface area contributed by atoms with Crippen LogP contribution in [0.25, 0.3) is 11.0 Å². The Morgan fingerprint density at radius 1 is 1.15 bits per heavy atom. The maximum absolute atomic E-state index is 12.2. The van der Waals surface area contributed by atoms with Gasteiger partial charge in [-0.05, 0) is 43.7 Å². The fraction of sp³-hybridized carbons (Fsp3) is 0.200. The first-order chi connectivity index (χ1) is 12.8. The Morgan fingerprint density at radius 2 is 1.89 bits per heavy atom. The number of carbonyl (C=O) groups is 1. The molecule has 0 spiro atoms. The summed E-state index contributed by atoms with van der Waals surface area (Å²) in [5, 5.41) is 10.7. The zero-order chi connectivity index (χ0) is 19.7. The van der Waals surface area contributed by atoms with Crippen molar-refractivity contribution in [2.24, 2.45) is 0 Å². The zero-order valence-corrected chi connectivity index (χ0v) is 16.1. The maximum Gasteiger partial charge on any atom is 0.340 e. The van der Waals surface area contributed by atoms with Crippen molar-refractivity contribution in [3.8, 4) is 5.75 Å². The molecule has 1 N–H and O–H groups in total. The molecule has 0 saturated heterocycles. The quantitative estimate of drug-likeness (QED) is 0.608. The summed E-state index contributed by atoms with van der Waals surface area (Å²) in [6, 6.07) is 8.67. The average molecular weight is 407 g/mol. The normalized spacial score (nSPS) is 11.0. The van der Waals surface area contributed by atoms with Crippen molar-refractivity contribution in [1.29, 1.82) is 0 Å². The first-order valence-electron chi connectivity index (χ1n) is 8.12. The van der Waals surface area contributed by atoms with Gasteiger partial charge in [-0.25, -0.2) is 4.79 Å². The van der Waals surface area contributed by atoms with Crippen molar-refractivity contribution < 1.29 is 19.1 Å². The van der Waals surface area contributed by atoms with Gasteiger partial charge in [0, 0.05) is 26.6 Å². The second-order valence-corrected chi connectivity index (χ2v) is 7.00. The van der Waals surface area contributed by atoms with Crippen LogP contribution in [-0.2, 0) is 17.8 Å². The van der Waals surface area contributed by atoms with E-state index in [1.54, 1.807) is 44.2 Å². The van der Waals surface area contributed by atoms with Crippen molar-refractivity contribution in [2.45, 2.75) is 26.9 Å². The molecule has 0 saturated carbocycles. The summed E-state index contributed by atoms with van der Waals surface area (Å²) in [5.41, 5.74) is 1.90. The lowest BCUT2D eigenvalue weighted by molar-refractivity contribution is -0.136. The van der Waals surface area contributed by atoms with Crippen molar-refractivity contribution in [1.82, 2.24) is 0 Å². The second-order valence-electron chi connectivity index (χ2n) is 6.15. The minimum Gasteiger partial charge on any atom is -0.488 e. The molecule has 0 fully saturated rings. The van der Waals surface area contributed by atoms with Crippen LogP contribution >= 0.6 is 23.2 Å². The van der Waals surface area contributed by atoms with Crippen LogP contribution in [0.2, 0.25) is 10.0 Å². The topological polar surface area (TPSA) is 76.7 Å². The monoisotopic (exact) mass is 406 g/mol. The Labute approximate surface area is 165 Å². The second kappa shape index (κ2) is 7.62. The summed E-state index contributed by atoms with van der Waals surface area (Å²) in [6.45, 7) is 3.72. The Morgan fingerprint density at radius 3 is 2.56 bits per heavy atom. The lowest BCUT2D eigenvalue weighted by Crippen LogP contribution is -2.15. The first kappa shape index (κ1) is 19.3. The predicted octanol–water partition coefficient (Wildman–Crippen LogP) is 4.92. The molecule has 1 heterocycles. The van der Waals surface area contributed by atoms with Crippen LogP contribution in [0.1, 0.15) is 22.3 Å². The van der Waals surface area contributed by atoms with Crippen LogP contribution < -0.4 is 10.4 Å². The van der Waals surface area contributed by atoms with Crippen LogP contribution in [0.15, 0.2) is 39.5 Å². The number of aryl methyl sites for hydroxylation is 2. The van der Waals surface area contributed by atoms with Crippen molar-refractivity contribution in [3.63, 3.8) is 0 Å². The molecule has 0 radical (unpaired) electrons.